The van der Waals surface area contributed by atoms with Crippen molar-refractivity contribution in [1.82, 2.24) is 19.6 Å². The molecule has 1 aliphatic carbocycles. The average molecular weight is 563 g/mol. The van der Waals surface area contributed by atoms with Crippen molar-refractivity contribution in [1.29, 1.82) is 0 Å². The number of sulfone groups is 1. The molecule has 2 aromatic carbocycles. The molecule has 7 rings (SSSR count). The molecule has 9 nitrogen and oxygen atoms in total. The topological polar surface area (TPSA) is 94.0 Å². The van der Waals surface area contributed by atoms with Gasteiger partial charge in [0.05, 0.1) is 47.9 Å². The summed E-state index contributed by atoms with van der Waals surface area (Å²) >= 11 is 0. The molecule has 0 radical (unpaired) electrons. The molecule has 0 bridgehead atoms. The highest BCUT2D eigenvalue weighted by molar-refractivity contribution is 7.91. The lowest BCUT2D eigenvalue weighted by Crippen LogP contribution is -2.47. The first kappa shape index (κ1) is 25.7. The second kappa shape index (κ2) is 9.71. The van der Waals surface area contributed by atoms with Crippen LogP contribution in [0.5, 0.6) is 5.75 Å². The Kier molecular flexibility index (Phi) is 6.25. The van der Waals surface area contributed by atoms with Gasteiger partial charge in [0.25, 0.3) is 5.91 Å². The van der Waals surface area contributed by atoms with E-state index < -0.39 is 9.84 Å². The highest BCUT2D eigenvalue weighted by Gasteiger charge is 2.49. The predicted octanol–water partition coefficient (Wildman–Crippen LogP) is 3.83. The number of aromatic nitrogens is 2. The quantitative estimate of drug-likeness (QED) is 0.467. The van der Waals surface area contributed by atoms with Crippen LogP contribution in [0.2, 0.25) is 0 Å². The van der Waals surface area contributed by atoms with E-state index >= 15 is 0 Å². The third kappa shape index (κ3) is 4.52. The van der Waals surface area contributed by atoms with Crippen molar-refractivity contribution in [3.63, 3.8) is 0 Å². The van der Waals surface area contributed by atoms with Gasteiger partial charge in [-0.05, 0) is 74.7 Å². The van der Waals surface area contributed by atoms with Crippen LogP contribution in [0.1, 0.15) is 53.7 Å². The first-order valence-corrected chi connectivity index (χ1v) is 15.8. The van der Waals surface area contributed by atoms with E-state index in [9.17, 15) is 13.2 Å². The van der Waals surface area contributed by atoms with Gasteiger partial charge < -0.3 is 14.4 Å². The molecule has 4 aliphatic rings. The van der Waals surface area contributed by atoms with Gasteiger partial charge in [0.1, 0.15) is 5.75 Å². The lowest BCUT2D eigenvalue weighted by atomic mass is 10.0. The maximum Gasteiger partial charge on any atom is 0.274 e. The van der Waals surface area contributed by atoms with Gasteiger partial charge in [-0.25, -0.2) is 13.1 Å². The third-order valence-electron chi connectivity index (χ3n) is 8.68. The molecule has 3 fully saturated rings. The normalized spacial score (nSPS) is 21.1. The van der Waals surface area contributed by atoms with E-state index in [1.54, 1.807) is 27.8 Å². The second-order valence-electron chi connectivity index (χ2n) is 11.5. The van der Waals surface area contributed by atoms with E-state index in [1.165, 1.54) is 31.9 Å². The molecule has 1 aromatic heterocycles. The van der Waals surface area contributed by atoms with Gasteiger partial charge in [0.15, 0.2) is 15.5 Å². The molecule has 1 saturated carbocycles. The van der Waals surface area contributed by atoms with Gasteiger partial charge >= 0.3 is 0 Å². The molecule has 0 N–H and O–H groups in total. The Balaban J connectivity index is 1.31. The van der Waals surface area contributed by atoms with Crippen LogP contribution in [0.15, 0.2) is 47.4 Å². The first-order valence-electron chi connectivity index (χ1n) is 14.1. The fourth-order valence-corrected chi connectivity index (χ4v) is 7.91. The Labute approximate surface area is 234 Å². The molecule has 1 amide bonds. The minimum Gasteiger partial charge on any atom is -0.497 e. The van der Waals surface area contributed by atoms with Gasteiger partial charge in [-0.2, -0.15) is 5.10 Å². The van der Waals surface area contributed by atoms with Gasteiger partial charge in [0.2, 0.25) is 0 Å². The Morgan fingerprint density at radius 1 is 1.05 bits per heavy atom. The molecule has 40 heavy (non-hydrogen) atoms. The zero-order valence-corrected chi connectivity index (χ0v) is 23.6. The molecule has 3 aliphatic heterocycles. The number of carbonyl (C=O) groups excluding carboxylic acids is 1. The highest BCUT2D eigenvalue weighted by atomic mass is 32.2. The minimum atomic E-state index is -3.71. The number of hydrogen-bond donors (Lipinski definition) is 0. The largest absolute Gasteiger partial charge is 0.497 e. The number of hydrogen-bond acceptors (Lipinski definition) is 7. The minimum absolute atomic E-state index is 0.199. The van der Waals surface area contributed by atoms with Gasteiger partial charge in [-0.3, -0.25) is 9.69 Å². The maximum atomic E-state index is 13.9. The van der Waals surface area contributed by atoms with Crippen molar-refractivity contribution >= 4 is 15.7 Å². The Hall–Kier alpha value is -3.21. The van der Waals surface area contributed by atoms with Crippen LogP contribution in [0.25, 0.3) is 16.9 Å². The summed E-state index contributed by atoms with van der Waals surface area (Å²) in [6.45, 7) is 4.61. The fraction of sp³-hybridized carbons (Fsp3) is 0.467. The number of rotatable bonds is 5. The van der Waals surface area contributed by atoms with Crippen molar-refractivity contribution in [3.05, 3.63) is 59.3 Å². The molecule has 3 aromatic rings. The molecule has 0 unspecified atom stereocenters. The fourth-order valence-electron chi connectivity index (χ4n) is 6.30. The molecule has 2 saturated heterocycles. The lowest BCUT2D eigenvalue weighted by Gasteiger charge is -2.33. The number of methoxy groups -OCH3 is 1. The van der Waals surface area contributed by atoms with Crippen LogP contribution in [0, 0.1) is 0 Å². The summed E-state index contributed by atoms with van der Waals surface area (Å²) in [7, 11) is -2.19. The summed E-state index contributed by atoms with van der Waals surface area (Å²) in [5.41, 5.74) is 3.61. The molecule has 4 heterocycles. The van der Waals surface area contributed by atoms with Crippen molar-refractivity contribution in [3.8, 4) is 22.7 Å². The summed E-state index contributed by atoms with van der Waals surface area (Å²) in [4.78, 5) is 18.4. The van der Waals surface area contributed by atoms with Crippen LogP contribution in [0.3, 0.4) is 0 Å². The molecular weight excluding hydrogens is 528 g/mol. The summed E-state index contributed by atoms with van der Waals surface area (Å²) in [5, 5.41) is 4.84. The molecule has 0 atom stereocenters. The molecule has 1 spiro atoms. The third-order valence-corrected chi connectivity index (χ3v) is 10.4. The SMILES string of the molecule is COc1ccc2c(c1)S(=O)(=O)Cc1c(C(=O)N3CCOC4(CC4)C3)nn(-c3ccc(CN4CCCCC4)cc3)c1-2. The van der Waals surface area contributed by atoms with Crippen LogP contribution >= 0.6 is 0 Å². The van der Waals surface area contributed by atoms with E-state index in [0.717, 1.165) is 38.2 Å². The summed E-state index contributed by atoms with van der Waals surface area (Å²) in [5.74, 6) is -0.0526. The van der Waals surface area contributed by atoms with E-state index in [1.807, 2.05) is 12.1 Å². The number of piperidine rings is 1. The van der Waals surface area contributed by atoms with Gasteiger partial charge in [-0.1, -0.05) is 18.6 Å². The number of morpholine rings is 1. The number of ether oxygens (including phenoxy) is 2. The zero-order chi connectivity index (χ0) is 27.5. The van der Waals surface area contributed by atoms with E-state index in [-0.39, 0.29) is 27.9 Å². The van der Waals surface area contributed by atoms with E-state index in [0.29, 0.717) is 42.3 Å². The zero-order valence-electron chi connectivity index (χ0n) is 22.8. The number of nitrogens with zero attached hydrogens (tertiary/aromatic N) is 4. The summed E-state index contributed by atoms with van der Waals surface area (Å²) < 4.78 is 40.0. The van der Waals surface area contributed by atoms with Crippen LogP contribution < -0.4 is 4.74 Å². The van der Waals surface area contributed by atoms with E-state index in [4.69, 9.17) is 14.6 Å². The molecular formula is C30H34N4O5S. The summed E-state index contributed by atoms with van der Waals surface area (Å²) in [6.07, 6.45) is 5.67. The predicted molar refractivity (Wildman–Crippen MR) is 149 cm³/mol. The molecule has 10 heteroatoms. The maximum absolute atomic E-state index is 13.9. The average Bonchev–Trinajstić information content (AvgIpc) is 3.61. The Bertz CT molecular complexity index is 1570. The second-order valence-corrected chi connectivity index (χ2v) is 13.4. The first-order chi connectivity index (χ1) is 19.4. The highest BCUT2D eigenvalue weighted by Crippen LogP contribution is 2.44. The summed E-state index contributed by atoms with van der Waals surface area (Å²) in [6, 6.07) is 13.3. The standard InChI is InChI=1S/C30H34N4O5S/c1-38-23-9-10-24-26(17-23)40(36,37)19-25-27(29(35)33-15-16-39-30(20-33)11-12-30)31-34(28(24)25)22-7-5-21(6-8-22)18-32-13-3-2-4-14-32/h5-10,17H,2-4,11-16,18-20H2,1H3. The van der Waals surface area contributed by atoms with Crippen molar-refractivity contribution in [2.45, 2.75) is 54.9 Å². The smallest absolute Gasteiger partial charge is 0.274 e. The van der Waals surface area contributed by atoms with Crippen LogP contribution in [0.4, 0.5) is 0 Å². The van der Waals surface area contributed by atoms with Gasteiger partial charge in [0, 0.05) is 24.2 Å². The lowest BCUT2D eigenvalue weighted by molar-refractivity contribution is -0.0377. The molecule has 210 valence electrons. The monoisotopic (exact) mass is 562 g/mol. The number of likely N-dealkylation sites (tertiary alicyclic amines) is 1. The number of fused-ring (bicyclic) bond motifs is 3. The van der Waals surface area contributed by atoms with Crippen molar-refractivity contribution in [2.24, 2.45) is 0 Å². The Morgan fingerprint density at radius 2 is 1.82 bits per heavy atom. The number of benzene rings is 2. The Morgan fingerprint density at radius 3 is 2.55 bits per heavy atom. The number of amides is 1. The number of carbonyl (C=O) groups is 1. The van der Waals surface area contributed by atoms with Crippen molar-refractivity contribution in [2.75, 3.05) is 39.9 Å². The van der Waals surface area contributed by atoms with Crippen LogP contribution in [-0.2, 0) is 26.9 Å². The van der Waals surface area contributed by atoms with E-state index in [2.05, 4.69) is 17.0 Å². The van der Waals surface area contributed by atoms with Crippen LogP contribution in [-0.4, -0.2) is 79.4 Å². The van der Waals surface area contributed by atoms with Gasteiger partial charge in [-0.15, -0.1) is 0 Å². The van der Waals surface area contributed by atoms with Crippen molar-refractivity contribution < 1.29 is 22.7 Å².